The number of rotatable bonds is 6. The van der Waals surface area contributed by atoms with Crippen LogP contribution in [-0.2, 0) is 4.79 Å². The molecule has 2 N–H and O–H groups in total. The molecule has 1 aliphatic heterocycles. The van der Waals surface area contributed by atoms with Gasteiger partial charge in [0.05, 0.1) is 12.7 Å². The Kier molecular flexibility index (Phi) is 6.39. The first kappa shape index (κ1) is 17.0. The summed E-state index contributed by atoms with van der Waals surface area (Å²) in [6.45, 7) is 1.81. The van der Waals surface area contributed by atoms with Gasteiger partial charge in [0.2, 0.25) is 5.91 Å². The van der Waals surface area contributed by atoms with E-state index in [1.165, 1.54) is 7.11 Å². The highest BCUT2D eigenvalue weighted by Gasteiger charge is 2.18. The van der Waals surface area contributed by atoms with Gasteiger partial charge >= 0.3 is 0 Å². The number of carbonyl (C=O) groups is 2. The van der Waals surface area contributed by atoms with E-state index in [4.69, 9.17) is 4.74 Å². The Morgan fingerprint density at radius 3 is 2.91 bits per heavy atom. The summed E-state index contributed by atoms with van der Waals surface area (Å²) in [5, 5.41) is 6.22. The Morgan fingerprint density at radius 1 is 1.41 bits per heavy atom. The first-order valence-electron chi connectivity index (χ1n) is 7.47. The van der Waals surface area contributed by atoms with Crippen LogP contribution in [0.1, 0.15) is 36.0 Å². The Morgan fingerprint density at radius 2 is 2.23 bits per heavy atom. The number of amides is 1. The molecule has 0 saturated carbocycles. The van der Waals surface area contributed by atoms with Crippen molar-refractivity contribution in [3.05, 3.63) is 28.2 Å². The van der Waals surface area contributed by atoms with Crippen LogP contribution < -0.4 is 15.4 Å². The molecular formula is C16H21BrN2O3. The van der Waals surface area contributed by atoms with Crippen LogP contribution >= 0.6 is 15.9 Å². The summed E-state index contributed by atoms with van der Waals surface area (Å²) in [4.78, 5) is 24.2. The molecule has 1 heterocycles. The minimum absolute atomic E-state index is 0.0731. The monoisotopic (exact) mass is 368 g/mol. The van der Waals surface area contributed by atoms with Gasteiger partial charge in [-0.05, 0) is 37.6 Å². The molecule has 1 saturated heterocycles. The number of halogens is 1. The van der Waals surface area contributed by atoms with E-state index < -0.39 is 0 Å². The number of Topliss-reactive ketones (excluding diaryl/α,β-unsaturated/α-hetero) is 1. The fourth-order valence-electron chi connectivity index (χ4n) is 2.53. The molecule has 1 amide bonds. The van der Waals surface area contributed by atoms with E-state index in [9.17, 15) is 9.59 Å². The van der Waals surface area contributed by atoms with Gasteiger partial charge in [-0.2, -0.15) is 0 Å². The molecule has 2 rings (SSSR count). The van der Waals surface area contributed by atoms with Crippen molar-refractivity contribution in [1.82, 2.24) is 10.6 Å². The molecular weight excluding hydrogens is 348 g/mol. The summed E-state index contributed by atoms with van der Waals surface area (Å²) < 4.78 is 6.01. The van der Waals surface area contributed by atoms with Gasteiger partial charge in [0.25, 0.3) is 0 Å². The molecule has 0 radical (unpaired) electrons. The Hall–Kier alpha value is -1.40. The number of carbonyl (C=O) groups excluding carboxylic acids is 2. The van der Waals surface area contributed by atoms with Crippen molar-refractivity contribution < 1.29 is 14.3 Å². The lowest BCUT2D eigenvalue weighted by Crippen LogP contribution is -2.45. The summed E-state index contributed by atoms with van der Waals surface area (Å²) in [7, 11) is 1.53. The van der Waals surface area contributed by atoms with E-state index in [0.29, 0.717) is 11.3 Å². The van der Waals surface area contributed by atoms with Crippen LogP contribution in [0.3, 0.4) is 0 Å². The molecule has 1 aromatic carbocycles. The molecule has 0 unspecified atom stereocenters. The summed E-state index contributed by atoms with van der Waals surface area (Å²) in [5.41, 5.74) is 0.504. The maximum Gasteiger partial charge on any atom is 0.220 e. The van der Waals surface area contributed by atoms with Crippen molar-refractivity contribution in [3.63, 3.8) is 0 Å². The Balaban J connectivity index is 1.86. The standard InChI is InChI=1S/C16H21BrN2O3/c1-22-15-6-4-11(17)9-13(15)14(20)5-7-16(21)19-12-3-2-8-18-10-12/h4,6,9,12,18H,2-3,5,7-8,10H2,1H3,(H,19,21)/t12-/m0/s1. The summed E-state index contributed by atoms with van der Waals surface area (Å²) in [6.07, 6.45) is 2.44. The highest BCUT2D eigenvalue weighted by atomic mass is 79.9. The Labute approximate surface area is 138 Å². The zero-order valence-corrected chi connectivity index (χ0v) is 14.2. The van der Waals surface area contributed by atoms with Crippen LogP contribution in [0, 0.1) is 0 Å². The molecule has 1 atom stereocenters. The van der Waals surface area contributed by atoms with Crippen LogP contribution in [0.15, 0.2) is 22.7 Å². The molecule has 0 aliphatic carbocycles. The normalized spacial score (nSPS) is 17.8. The minimum Gasteiger partial charge on any atom is -0.496 e. The van der Waals surface area contributed by atoms with Gasteiger partial charge in [0.1, 0.15) is 5.75 Å². The second kappa shape index (κ2) is 8.29. The van der Waals surface area contributed by atoms with Crippen molar-refractivity contribution in [2.24, 2.45) is 0 Å². The average molecular weight is 369 g/mol. The zero-order valence-electron chi connectivity index (χ0n) is 12.7. The average Bonchev–Trinajstić information content (AvgIpc) is 2.53. The fourth-order valence-corrected chi connectivity index (χ4v) is 2.90. The molecule has 6 heteroatoms. The third kappa shape index (κ3) is 4.81. The molecule has 22 heavy (non-hydrogen) atoms. The molecule has 0 bridgehead atoms. The third-order valence-corrected chi connectivity index (χ3v) is 4.20. The predicted octanol–water partition coefficient (Wildman–Crippen LogP) is 2.29. The van der Waals surface area contributed by atoms with Crippen molar-refractivity contribution in [2.75, 3.05) is 20.2 Å². The van der Waals surface area contributed by atoms with E-state index in [2.05, 4.69) is 26.6 Å². The van der Waals surface area contributed by atoms with Gasteiger partial charge < -0.3 is 15.4 Å². The Bertz CT molecular complexity index is 542. The number of piperidine rings is 1. The maximum absolute atomic E-state index is 12.3. The molecule has 1 aliphatic rings. The zero-order chi connectivity index (χ0) is 15.9. The van der Waals surface area contributed by atoms with Crippen LogP contribution in [0.2, 0.25) is 0 Å². The summed E-state index contributed by atoms with van der Waals surface area (Å²) in [5.74, 6) is 0.371. The number of benzene rings is 1. The minimum atomic E-state index is -0.0879. The summed E-state index contributed by atoms with van der Waals surface area (Å²) in [6, 6.07) is 5.46. The predicted molar refractivity (Wildman–Crippen MR) is 88.3 cm³/mol. The second-order valence-electron chi connectivity index (χ2n) is 5.38. The second-order valence-corrected chi connectivity index (χ2v) is 6.29. The molecule has 120 valence electrons. The number of methoxy groups -OCH3 is 1. The lowest BCUT2D eigenvalue weighted by molar-refractivity contribution is -0.121. The number of nitrogens with one attached hydrogen (secondary N) is 2. The van der Waals surface area contributed by atoms with Crippen LogP contribution in [-0.4, -0.2) is 37.9 Å². The highest BCUT2D eigenvalue weighted by Crippen LogP contribution is 2.24. The molecule has 0 aromatic heterocycles. The van der Waals surface area contributed by atoms with Gasteiger partial charge in [-0.15, -0.1) is 0 Å². The first-order chi connectivity index (χ1) is 10.6. The van der Waals surface area contributed by atoms with Gasteiger partial charge in [0, 0.05) is 29.9 Å². The van der Waals surface area contributed by atoms with E-state index in [-0.39, 0.29) is 30.6 Å². The molecule has 1 aromatic rings. The van der Waals surface area contributed by atoms with Crippen molar-refractivity contribution in [2.45, 2.75) is 31.7 Å². The molecule has 5 nitrogen and oxygen atoms in total. The van der Waals surface area contributed by atoms with Crippen molar-refractivity contribution in [3.8, 4) is 5.75 Å². The molecule has 1 fully saturated rings. The van der Waals surface area contributed by atoms with Gasteiger partial charge in [-0.1, -0.05) is 15.9 Å². The fraction of sp³-hybridized carbons (Fsp3) is 0.500. The smallest absolute Gasteiger partial charge is 0.220 e. The highest BCUT2D eigenvalue weighted by molar-refractivity contribution is 9.10. The van der Waals surface area contributed by atoms with E-state index >= 15 is 0 Å². The quantitative estimate of drug-likeness (QED) is 0.756. The number of ketones is 1. The number of hydrogen-bond acceptors (Lipinski definition) is 4. The lowest BCUT2D eigenvalue weighted by Gasteiger charge is -2.23. The maximum atomic E-state index is 12.3. The van der Waals surface area contributed by atoms with E-state index in [0.717, 1.165) is 30.4 Å². The van der Waals surface area contributed by atoms with Crippen molar-refractivity contribution in [1.29, 1.82) is 0 Å². The summed E-state index contributed by atoms with van der Waals surface area (Å²) >= 11 is 3.35. The van der Waals surface area contributed by atoms with Crippen LogP contribution in [0.5, 0.6) is 5.75 Å². The van der Waals surface area contributed by atoms with Gasteiger partial charge in [-0.25, -0.2) is 0 Å². The van der Waals surface area contributed by atoms with E-state index in [1.807, 2.05) is 6.07 Å². The van der Waals surface area contributed by atoms with Crippen LogP contribution in [0.25, 0.3) is 0 Å². The topological polar surface area (TPSA) is 67.4 Å². The third-order valence-electron chi connectivity index (χ3n) is 3.70. The lowest BCUT2D eigenvalue weighted by atomic mass is 10.0. The first-order valence-corrected chi connectivity index (χ1v) is 8.26. The van der Waals surface area contributed by atoms with Gasteiger partial charge in [0.15, 0.2) is 5.78 Å². The SMILES string of the molecule is COc1ccc(Br)cc1C(=O)CCC(=O)N[C@H]1CCCNC1. The number of ether oxygens (including phenoxy) is 1. The van der Waals surface area contributed by atoms with E-state index in [1.54, 1.807) is 12.1 Å². The van der Waals surface area contributed by atoms with Crippen molar-refractivity contribution >= 4 is 27.6 Å². The van der Waals surface area contributed by atoms with Gasteiger partial charge in [-0.3, -0.25) is 9.59 Å². The largest absolute Gasteiger partial charge is 0.496 e. The van der Waals surface area contributed by atoms with Crippen LogP contribution in [0.4, 0.5) is 0 Å². The number of hydrogen-bond donors (Lipinski definition) is 2. The molecule has 0 spiro atoms.